The van der Waals surface area contributed by atoms with Crippen molar-refractivity contribution < 1.29 is 43.6 Å². The zero-order chi connectivity index (χ0) is 41.2. The van der Waals surface area contributed by atoms with Crippen molar-refractivity contribution in [2.45, 2.75) is 65.3 Å². The summed E-state index contributed by atoms with van der Waals surface area (Å²) in [5, 5.41) is 31.2. The van der Waals surface area contributed by atoms with Crippen LogP contribution < -0.4 is 4.74 Å². The minimum absolute atomic E-state index is 0.0170. The van der Waals surface area contributed by atoms with Crippen molar-refractivity contribution in [3.63, 3.8) is 0 Å². The van der Waals surface area contributed by atoms with E-state index in [1.165, 1.54) is 11.9 Å². The summed E-state index contributed by atoms with van der Waals surface area (Å²) in [6, 6.07) is 22.4. The molecule has 0 aliphatic heterocycles. The highest BCUT2D eigenvalue weighted by Crippen LogP contribution is 2.31. The summed E-state index contributed by atoms with van der Waals surface area (Å²) in [6.45, 7) is 4.01. The van der Waals surface area contributed by atoms with Crippen LogP contribution in [0.4, 0.5) is 4.79 Å². The van der Waals surface area contributed by atoms with Gasteiger partial charge in [-0.05, 0) is 65.8 Å². The van der Waals surface area contributed by atoms with Gasteiger partial charge in [-0.1, -0.05) is 85.6 Å². The summed E-state index contributed by atoms with van der Waals surface area (Å²) in [6.07, 6.45) is 2.32. The van der Waals surface area contributed by atoms with E-state index < -0.39 is 22.6 Å². The van der Waals surface area contributed by atoms with Gasteiger partial charge in [0.05, 0.1) is 20.3 Å². The van der Waals surface area contributed by atoms with Crippen molar-refractivity contribution in [3.05, 3.63) is 121 Å². The number of halogens is 1. The maximum Gasteiger partial charge on any atom is 0.510 e. The van der Waals surface area contributed by atoms with E-state index in [2.05, 4.69) is 37.0 Å². The van der Waals surface area contributed by atoms with Crippen molar-refractivity contribution in [1.29, 1.82) is 0 Å². The Morgan fingerprint density at radius 2 is 1.65 bits per heavy atom. The molecular weight excluding hydrogens is 768 g/mol. The Balaban J connectivity index is 0.000000469. The zero-order valence-corrected chi connectivity index (χ0v) is 32.1. The maximum atomic E-state index is 12.0. The highest BCUT2D eigenvalue weighted by Gasteiger charge is 2.19. The second kappa shape index (κ2) is 22.1. The van der Waals surface area contributed by atoms with Gasteiger partial charge in [0.1, 0.15) is 23.9 Å². The van der Waals surface area contributed by atoms with E-state index in [9.17, 15) is 29.8 Å². The van der Waals surface area contributed by atoms with Gasteiger partial charge in [-0.2, -0.15) is 0 Å². The average molecular weight is 809 g/mol. The molecule has 57 heavy (non-hydrogen) atoms. The SMILES string of the molecule is CCCCc1nc(Cl)c(C=O)n1Cc1ccc(-c2ccccc2-c2nnn(C(C)OC(=O)OCCCCO[N+](=O)[O-])n2)cc1.COc1cccc(CO[N+](=O)[O-])c1. The number of unbranched alkanes of at least 4 members (excludes halogenated alkanes) is 2. The third kappa shape index (κ3) is 13.3. The molecule has 5 rings (SSSR count). The Morgan fingerprint density at radius 3 is 2.33 bits per heavy atom. The molecule has 0 amide bonds. The molecule has 302 valence electrons. The Hall–Kier alpha value is -6.63. The first kappa shape index (κ1) is 43.1. The highest BCUT2D eigenvalue weighted by molar-refractivity contribution is 6.31. The molecule has 0 saturated carbocycles. The lowest BCUT2D eigenvalue weighted by Crippen LogP contribution is -2.18. The maximum absolute atomic E-state index is 12.0. The van der Waals surface area contributed by atoms with E-state index in [0.29, 0.717) is 42.2 Å². The van der Waals surface area contributed by atoms with E-state index in [4.69, 9.17) is 25.8 Å². The third-order valence-electron chi connectivity index (χ3n) is 8.13. The first-order valence-electron chi connectivity index (χ1n) is 17.7. The van der Waals surface area contributed by atoms with Crippen LogP contribution in [-0.2, 0) is 38.7 Å². The lowest BCUT2D eigenvalue weighted by Gasteiger charge is -2.12. The number of aldehydes is 1. The van der Waals surface area contributed by atoms with Gasteiger partial charge in [-0.15, -0.1) is 35.2 Å². The molecule has 0 N–H and O–H groups in total. The molecule has 0 saturated heterocycles. The monoisotopic (exact) mass is 808 g/mol. The third-order valence-corrected chi connectivity index (χ3v) is 8.40. The van der Waals surface area contributed by atoms with Gasteiger partial charge in [0, 0.05) is 18.5 Å². The van der Waals surface area contributed by atoms with Crippen LogP contribution in [0, 0.1) is 20.2 Å². The molecule has 3 aromatic carbocycles. The van der Waals surface area contributed by atoms with Gasteiger partial charge in [0.15, 0.2) is 11.4 Å². The van der Waals surface area contributed by atoms with Gasteiger partial charge in [0.25, 0.3) is 10.2 Å². The minimum atomic E-state index is -0.928. The standard InChI is InChI=1S/C29H32ClN7O7.C8H9NO4/c1-3-4-11-26-31-27(30)25(19-38)35(26)18-21-12-14-22(15-13-21)23-9-5-6-10-24(23)28-32-34-36(33-28)20(2)44-29(39)42-16-7-8-17-43-37(40)41;1-12-8-4-2-3-7(5-8)6-13-9(10)11/h5-6,9-10,12-15,19-20H,3-4,7-8,11,16-18H2,1-2H3;2-5H,6H2,1H3. The van der Waals surface area contributed by atoms with Gasteiger partial charge >= 0.3 is 6.16 Å². The van der Waals surface area contributed by atoms with Crippen molar-refractivity contribution in [3.8, 4) is 28.3 Å². The number of tetrazole rings is 1. The number of nitrogens with zero attached hydrogens (tertiary/aromatic N) is 8. The summed E-state index contributed by atoms with van der Waals surface area (Å²) in [5.41, 5.74) is 4.57. The highest BCUT2D eigenvalue weighted by atomic mass is 35.5. The molecule has 2 aromatic heterocycles. The molecule has 2 heterocycles. The van der Waals surface area contributed by atoms with Gasteiger partial charge < -0.3 is 28.5 Å². The number of aromatic nitrogens is 6. The van der Waals surface area contributed by atoms with Crippen LogP contribution in [0.15, 0.2) is 72.8 Å². The summed E-state index contributed by atoms with van der Waals surface area (Å²) >= 11 is 6.23. The summed E-state index contributed by atoms with van der Waals surface area (Å²) < 4.78 is 17.0. The zero-order valence-electron chi connectivity index (χ0n) is 31.4. The molecule has 1 atom stereocenters. The number of methoxy groups -OCH3 is 1. The molecule has 0 fully saturated rings. The van der Waals surface area contributed by atoms with Gasteiger partial charge in [-0.25, -0.2) is 9.78 Å². The van der Waals surface area contributed by atoms with Gasteiger partial charge in [0.2, 0.25) is 12.1 Å². The number of carbonyl (C=O) groups is 2. The molecule has 5 aromatic rings. The normalized spacial score (nSPS) is 11.1. The van der Waals surface area contributed by atoms with E-state index in [1.807, 2.05) is 53.1 Å². The fourth-order valence-electron chi connectivity index (χ4n) is 5.29. The number of carbonyl (C=O) groups excluding carboxylic acids is 2. The van der Waals surface area contributed by atoms with Crippen LogP contribution in [0.1, 0.15) is 73.2 Å². The number of imidazole rings is 1. The predicted molar refractivity (Wildman–Crippen MR) is 203 cm³/mol. The molecule has 0 aliphatic rings. The van der Waals surface area contributed by atoms with Crippen LogP contribution in [0.5, 0.6) is 5.75 Å². The molecule has 0 aliphatic carbocycles. The fraction of sp³-hybridized carbons (Fsp3) is 0.351. The summed E-state index contributed by atoms with van der Waals surface area (Å²) in [5.74, 6) is 1.78. The predicted octanol–water partition coefficient (Wildman–Crippen LogP) is 7.12. The number of hydrogen-bond donors (Lipinski definition) is 0. The summed E-state index contributed by atoms with van der Waals surface area (Å²) in [7, 11) is 1.54. The number of ether oxygens (including phenoxy) is 3. The quantitative estimate of drug-likeness (QED) is 0.0250. The Bertz CT molecular complexity index is 2090. The topological polar surface area (TPSA) is 228 Å². The van der Waals surface area contributed by atoms with Crippen LogP contribution in [0.3, 0.4) is 0 Å². The second-order valence-electron chi connectivity index (χ2n) is 12.1. The summed E-state index contributed by atoms with van der Waals surface area (Å²) in [4.78, 5) is 57.7. The Kier molecular flexibility index (Phi) is 16.7. The van der Waals surface area contributed by atoms with E-state index in [0.717, 1.165) is 53.6 Å². The molecule has 0 bridgehead atoms. The molecule has 1 unspecified atom stereocenters. The smallest absolute Gasteiger partial charge is 0.497 e. The molecule has 19 nitrogen and oxygen atoms in total. The minimum Gasteiger partial charge on any atom is -0.497 e. The van der Waals surface area contributed by atoms with Crippen LogP contribution in [0.2, 0.25) is 5.15 Å². The van der Waals surface area contributed by atoms with Crippen molar-refractivity contribution in [1.82, 2.24) is 29.8 Å². The molecule has 0 radical (unpaired) electrons. The lowest BCUT2D eigenvalue weighted by atomic mass is 9.98. The van der Waals surface area contributed by atoms with Crippen LogP contribution >= 0.6 is 11.6 Å². The second-order valence-corrected chi connectivity index (χ2v) is 12.5. The van der Waals surface area contributed by atoms with E-state index in [1.54, 1.807) is 31.2 Å². The number of rotatable bonds is 20. The van der Waals surface area contributed by atoms with Crippen molar-refractivity contribution in [2.75, 3.05) is 20.3 Å². The molecular formula is C37H41ClN8O11. The molecule has 20 heteroatoms. The van der Waals surface area contributed by atoms with Crippen molar-refractivity contribution >= 4 is 24.0 Å². The lowest BCUT2D eigenvalue weighted by molar-refractivity contribution is -0.763. The number of aryl methyl sites for hydroxylation is 1. The number of benzene rings is 3. The molecule has 0 spiro atoms. The number of hydrogen-bond acceptors (Lipinski definition) is 15. The largest absolute Gasteiger partial charge is 0.510 e. The van der Waals surface area contributed by atoms with Gasteiger partial charge in [-0.3, -0.25) is 4.79 Å². The van der Waals surface area contributed by atoms with Crippen LogP contribution in [0.25, 0.3) is 22.5 Å². The van der Waals surface area contributed by atoms with Crippen molar-refractivity contribution in [2.24, 2.45) is 0 Å². The average Bonchev–Trinajstić information content (AvgIpc) is 3.82. The Labute approximate surface area is 331 Å². The first-order chi connectivity index (χ1) is 27.5. The first-order valence-corrected chi connectivity index (χ1v) is 18.1. The van der Waals surface area contributed by atoms with Crippen LogP contribution in [-0.4, -0.2) is 72.7 Å². The Morgan fingerprint density at radius 1 is 0.930 bits per heavy atom. The fourth-order valence-corrected chi connectivity index (χ4v) is 5.54. The van der Waals surface area contributed by atoms with E-state index >= 15 is 0 Å². The van der Waals surface area contributed by atoms with E-state index in [-0.39, 0.29) is 25.0 Å².